The summed E-state index contributed by atoms with van der Waals surface area (Å²) in [6.07, 6.45) is 13.0. The monoisotopic (exact) mass is 476 g/mol. The zero-order valence-electron chi connectivity index (χ0n) is 17.7. The lowest BCUT2D eigenvalue weighted by Crippen LogP contribution is -2.43. The summed E-state index contributed by atoms with van der Waals surface area (Å²) in [6, 6.07) is 6.47. The molecule has 9 heteroatoms. The Bertz CT molecular complexity index is 1090. The number of carbonyl (C=O) groups is 2. The Hall–Kier alpha value is -2.39. The summed E-state index contributed by atoms with van der Waals surface area (Å²) < 4.78 is 26.6. The Morgan fingerprint density at radius 2 is 1.91 bits per heavy atom. The molecule has 7 nitrogen and oxygen atoms in total. The summed E-state index contributed by atoms with van der Waals surface area (Å²) in [6.45, 7) is 0. The molecule has 1 amide bonds. The first-order chi connectivity index (χ1) is 15.4. The third-order valence-corrected chi connectivity index (χ3v) is 9.84. The third-order valence-electron chi connectivity index (χ3n) is 6.64. The number of fused-ring (bicyclic) bond motifs is 2. The molecule has 0 unspecified atom stereocenters. The van der Waals surface area contributed by atoms with Crippen LogP contribution in [-0.2, 0) is 14.8 Å². The Balaban J connectivity index is 1.38. The highest BCUT2D eigenvalue weighted by atomic mass is 32.2. The van der Waals surface area contributed by atoms with Crippen LogP contribution in [0.25, 0.3) is 0 Å². The van der Waals surface area contributed by atoms with Crippen LogP contribution in [0.4, 0.5) is 0 Å². The first kappa shape index (κ1) is 22.8. The van der Waals surface area contributed by atoms with Crippen molar-refractivity contribution in [3.8, 4) is 0 Å². The molecule has 2 bridgehead atoms. The van der Waals surface area contributed by atoms with Crippen molar-refractivity contribution < 1.29 is 23.1 Å². The van der Waals surface area contributed by atoms with Crippen molar-refractivity contribution in [2.45, 2.75) is 55.2 Å². The van der Waals surface area contributed by atoms with E-state index in [4.69, 9.17) is 5.11 Å². The van der Waals surface area contributed by atoms with Crippen molar-refractivity contribution in [2.75, 3.05) is 0 Å². The summed E-state index contributed by atoms with van der Waals surface area (Å²) in [5.74, 6) is 0.458. The number of carbonyl (C=O) groups excluding carboxylic acids is 1. The highest BCUT2D eigenvalue weighted by Gasteiger charge is 2.47. The number of aliphatic carboxylic acids is 1. The largest absolute Gasteiger partial charge is 0.481 e. The second-order valence-electron chi connectivity index (χ2n) is 8.63. The number of rotatable bonds is 10. The number of amides is 1. The van der Waals surface area contributed by atoms with Gasteiger partial charge < -0.3 is 10.4 Å². The summed E-state index contributed by atoms with van der Waals surface area (Å²) in [4.78, 5) is 24.0. The SMILES string of the molecule is O=C(O)CCC/C=C\C[C@H]1[C@H]2CC[C@H](C2)[C@@H]1NC(=O)c1ccc(S(=O)(=O)n2cccc2)s1. The zero-order chi connectivity index (χ0) is 22.7. The lowest BCUT2D eigenvalue weighted by molar-refractivity contribution is -0.137. The summed E-state index contributed by atoms with van der Waals surface area (Å²) >= 11 is 0.997. The maximum atomic E-state index is 13.0. The van der Waals surface area contributed by atoms with Crippen molar-refractivity contribution >= 4 is 33.2 Å². The summed E-state index contributed by atoms with van der Waals surface area (Å²) in [5.41, 5.74) is 0. The van der Waals surface area contributed by atoms with Crippen LogP contribution in [0.3, 0.4) is 0 Å². The average Bonchev–Trinajstić information content (AvgIpc) is 3.55. The molecule has 2 aliphatic carbocycles. The highest BCUT2D eigenvalue weighted by Crippen LogP contribution is 2.50. The molecule has 2 heterocycles. The zero-order valence-corrected chi connectivity index (χ0v) is 19.4. The molecule has 0 aliphatic heterocycles. The van der Waals surface area contributed by atoms with E-state index in [0.29, 0.717) is 29.1 Å². The van der Waals surface area contributed by atoms with Crippen LogP contribution in [0.2, 0.25) is 0 Å². The molecule has 32 heavy (non-hydrogen) atoms. The second kappa shape index (κ2) is 9.62. The smallest absolute Gasteiger partial charge is 0.303 e. The Morgan fingerprint density at radius 3 is 2.66 bits per heavy atom. The van der Waals surface area contributed by atoms with Crippen LogP contribution in [0.5, 0.6) is 0 Å². The van der Waals surface area contributed by atoms with E-state index in [1.54, 1.807) is 18.2 Å². The van der Waals surface area contributed by atoms with E-state index < -0.39 is 16.0 Å². The van der Waals surface area contributed by atoms with Gasteiger partial charge in [-0.15, -0.1) is 11.3 Å². The predicted molar refractivity (Wildman–Crippen MR) is 122 cm³/mol. The first-order valence-corrected chi connectivity index (χ1v) is 13.3. The van der Waals surface area contributed by atoms with Gasteiger partial charge in [-0.05, 0) is 80.5 Å². The van der Waals surface area contributed by atoms with E-state index in [1.165, 1.54) is 24.9 Å². The van der Waals surface area contributed by atoms with Crippen molar-refractivity contribution in [2.24, 2.45) is 17.8 Å². The average molecular weight is 477 g/mol. The van der Waals surface area contributed by atoms with E-state index in [-0.39, 0.29) is 22.6 Å². The number of carboxylic acid groups (broad SMARTS) is 1. The maximum absolute atomic E-state index is 13.0. The molecule has 2 fully saturated rings. The predicted octanol–water partition coefficient (Wildman–Crippen LogP) is 4.13. The topological polar surface area (TPSA) is 105 Å². The molecule has 2 N–H and O–H groups in total. The van der Waals surface area contributed by atoms with E-state index in [9.17, 15) is 18.0 Å². The summed E-state index contributed by atoms with van der Waals surface area (Å²) in [5, 5.41) is 11.9. The minimum Gasteiger partial charge on any atom is -0.481 e. The molecule has 4 atom stereocenters. The van der Waals surface area contributed by atoms with E-state index in [2.05, 4.69) is 11.4 Å². The van der Waals surface area contributed by atoms with Crippen LogP contribution in [0.15, 0.2) is 53.0 Å². The van der Waals surface area contributed by atoms with Gasteiger partial charge in [-0.1, -0.05) is 12.2 Å². The Kier molecular flexibility index (Phi) is 6.85. The molecule has 172 valence electrons. The molecule has 2 aromatic rings. The van der Waals surface area contributed by atoms with Crippen LogP contribution >= 0.6 is 11.3 Å². The number of unbranched alkanes of at least 4 members (excludes halogenated alkanes) is 1. The summed E-state index contributed by atoms with van der Waals surface area (Å²) in [7, 11) is -3.67. The van der Waals surface area contributed by atoms with E-state index in [0.717, 1.165) is 41.0 Å². The second-order valence-corrected chi connectivity index (χ2v) is 11.8. The fraction of sp³-hybridized carbons (Fsp3) is 0.478. The normalized spacial score (nSPS) is 24.9. The van der Waals surface area contributed by atoms with Crippen molar-refractivity contribution in [1.82, 2.24) is 9.29 Å². The molecule has 0 spiro atoms. The Labute approximate surface area is 192 Å². The Morgan fingerprint density at radius 1 is 1.16 bits per heavy atom. The molecular weight excluding hydrogens is 448 g/mol. The van der Waals surface area contributed by atoms with Gasteiger partial charge in [-0.25, -0.2) is 3.97 Å². The number of nitrogens with one attached hydrogen (secondary N) is 1. The van der Waals surface area contributed by atoms with Gasteiger partial charge in [-0.2, -0.15) is 8.42 Å². The van der Waals surface area contributed by atoms with Crippen LogP contribution < -0.4 is 5.32 Å². The lowest BCUT2D eigenvalue weighted by atomic mass is 9.82. The minimum absolute atomic E-state index is 0.0940. The number of carboxylic acids is 1. The van der Waals surface area contributed by atoms with Crippen LogP contribution in [0.1, 0.15) is 54.6 Å². The van der Waals surface area contributed by atoms with E-state index >= 15 is 0 Å². The number of thiophene rings is 1. The molecule has 0 aromatic carbocycles. The molecule has 0 radical (unpaired) electrons. The lowest BCUT2D eigenvalue weighted by Gasteiger charge is -2.31. The van der Waals surface area contributed by atoms with Gasteiger partial charge in [0.2, 0.25) is 0 Å². The van der Waals surface area contributed by atoms with Gasteiger partial charge in [0.25, 0.3) is 15.9 Å². The molecule has 0 saturated heterocycles. The van der Waals surface area contributed by atoms with Crippen molar-refractivity contribution in [3.05, 3.63) is 53.7 Å². The standard InChI is InChI=1S/C23H28N2O5S2/c26-20(27)8-4-2-1-3-7-18-16-9-10-17(15-16)22(18)24-23(28)19-11-12-21(31-19)32(29,30)25-13-5-6-14-25/h1,3,5-6,11-14,16-18,22H,2,4,7-10,15H2,(H,24,28)(H,26,27)/b3-1-/t16-,17+,18-,22-/m0/s1. The molecule has 2 aliphatic rings. The molecular formula is C23H28N2O5S2. The molecule has 2 aromatic heterocycles. The van der Waals surface area contributed by atoms with Gasteiger partial charge in [0, 0.05) is 24.9 Å². The maximum Gasteiger partial charge on any atom is 0.303 e. The van der Waals surface area contributed by atoms with Gasteiger partial charge in [0.15, 0.2) is 0 Å². The quantitative estimate of drug-likeness (QED) is 0.396. The van der Waals surface area contributed by atoms with Gasteiger partial charge in [0.1, 0.15) is 4.21 Å². The fourth-order valence-electron chi connectivity index (χ4n) is 5.10. The fourth-order valence-corrected chi connectivity index (χ4v) is 7.60. The van der Waals surface area contributed by atoms with Crippen molar-refractivity contribution in [1.29, 1.82) is 0 Å². The minimum atomic E-state index is -3.67. The highest BCUT2D eigenvalue weighted by molar-refractivity contribution is 7.92. The number of hydrogen-bond donors (Lipinski definition) is 2. The molecule has 4 rings (SSSR count). The van der Waals surface area contributed by atoms with Crippen LogP contribution in [-0.4, -0.2) is 35.4 Å². The number of aromatic nitrogens is 1. The van der Waals surface area contributed by atoms with Crippen molar-refractivity contribution in [3.63, 3.8) is 0 Å². The van der Waals surface area contributed by atoms with E-state index in [1.807, 2.05) is 6.08 Å². The van der Waals surface area contributed by atoms with Gasteiger partial charge in [0.05, 0.1) is 4.88 Å². The van der Waals surface area contributed by atoms with Gasteiger partial charge >= 0.3 is 5.97 Å². The first-order valence-electron chi connectivity index (χ1n) is 11.0. The van der Waals surface area contributed by atoms with Gasteiger partial charge in [-0.3, -0.25) is 9.59 Å². The number of hydrogen-bond acceptors (Lipinski definition) is 5. The third kappa shape index (κ3) is 4.83. The molecule has 2 saturated carbocycles. The van der Waals surface area contributed by atoms with Crippen LogP contribution in [0, 0.1) is 17.8 Å². The number of allylic oxidation sites excluding steroid dienone is 2. The number of nitrogens with zero attached hydrogens (tertiary/aromatic N) is 1.